The van der Waals surface area contributed by atoms with Crippen molar-refractivity contribution in [3.63, 3.8) is 0 Å². The van der Waals surface area contributed by atoms with Gasteiger partial charge in [-0.2, -0.15) is 18.4 Å². The summed E-state index contributed by atoms with van der Waals surface area (Å²) >= 11 is 0. The topological polar surface area (TPSA) is 136 Å². The number of halogens is 3. The molecule has 4 rings (SSSR count). The van der Waals surface area contributed by atoms with E-state index in [0.717, 1.165) is 17.7 Å². The maximum atomic E-state index is 13.5. The van der Waals surface area contributed by atoms with Crippen LogP contribution in [-0.4, -0.2) is 65.5 Å². The number of quaternary nitrogens is 1. The number of aromatic nitrogens is 3. The summed E-state index contributed by atoms with van der Waals surface area (Å²) in [5, 5.41) is 16.0. The molecule has 0 bridgehead atoms. The van der Waals surface area contributed by atoms with E-state index in [1.165, 1.54) is 28.7 Å². The van der Waals surface area contributed by atoms with Gasteiger partial charge in [-0.1, -0.05) is 12.1 Å². The maximum Gasteiger partial charge on any atom is 0.416 e. The van der Waals surface area contributed by atoms with Gasteiger partial charge in [-0.25, -0.2) is 19.3 Å². The summed E-state index contributed by atoms with van der Waals surface area (Å²) in [6.07, 6.45) is -4.08. The van der Waals surface area contributed by atoms with Crippen LogP contribution in [-0.2, 0) is 22.1 Å². The minimum absolute atomic E-state index is 0. The van der Waals surface area contributed by atoms with Gasteiger partial charge in [-0.15, -0.1) is 5.10 Å². The molecule has 0 saturated carbocycles. The number of nitrogens with one attached hydrogen (secondary N) is 1. The highest BCUT2D eigenvalue weighted by molar-refractivity contribution is 5.93. The first-order valence-electron chi connectivity index (χ1n) is 12.0. The minimum Gasteiger partial charge on any atom is -0.466 e. The first kappa shape index (κ1) is 30.1. The molecular formula is C27H30F3N6O4+. The predicted octanol–water partition coefficient (Wildman–Crippen LogP) is 3.07. The highest BCUT2D eigenvalue weighted by Gasteiger charge is 2.41. The molecule has 1 aliphatic heterocycles. The van der Waals surface area contributed by atoms with Crippen molar-refractivity contribution < 1.29 is 32.7 Å². The number of allylic oxidation sites excluding steroid dienone is 1. The van der Waals surface area contributed by atoms with E-state index in [9.17, 15) is 28.0 Å². The lowest BCUT2D eigenvalue weighted by Crippen LogP contribution is -2.39. The lowest BCUT2D eigenvalue weighted by Gasteiger charge is -2.36. The van der Waals surface area contributed by atoms with Gasteiger partial charge in [0, 0.05) is 17.8 Å². The van der Waals surface area contributed by atoms with E-state index >= 15 is 0 Å². The maximum absolute atomic E-state index is 13.5. The molecule has 0 saturated heterocycles. The largest absolute Gasteiger partial charge is 0.466 e. The number of nitriles is 1. The van der Waals surface area contributed by atoms with Crippen LogP contribution in [0.25, 0.3) is 0 Å². The monoisotopic (exact) mass is 559 g/mol. The van der Waals surface area contributed by atoms with Crippen LogP contribution in [0.5, 0.6) is 0 Å². The Kier molecular flexibility index (Phi) is 8.28. The number of benzene rings is 2. The van der Waals surface area contributed by atoms with Crippen molar-refractivity contribution in [2.24, 2.45) is 0 Å². The minimum atomic E-state index is -4.61. The standard InChI is InChI=1S/C27H27F3N6O3.H2O/c1-16-22(24(37)39-5)23(21-10-9-17(15-31)13-18(21)11-12-36(2,3)4)35-25(32-33-26(35)38)34(16)20-8-6-7-19(14-20)27(28,29)30;/h6-10,13-14,23H,11-12H2,1-5H3;1H2/p+1/t23-;/m1./s1. The summed E-state index contributed by atoms with van der Waals surface area (Å²) in [7, 11) is 7.25. The number of ether oxygens (including phenoxy) is 1. The second-order valence-corrected chi connectivity index (χ2v) is 10.3. The van der Waals surface area contributed by atoms with Gasteiger partial charge >= 0.3 is 17.8 Å². The van der Waals surface area contributed by atoms with E-state index in [1.807, 2.05) is 21.1 Å². The summed E-state index contributed by atoms with van der Waals surface area (Å²) < 4.78 is 47.6. The number of methoxy groups -OCH3 is 1. The fourth-order valence-corrected chi connectivity index (χ4v) is 4.69. The van der Waals surface area contributed by atoms with Crippen LogP contribution in [0.2, 0.25) is 0 Å². The Balaban J connectivity index is 0.00000441. The number of fused-ring (bicyclic) bond motifs is 1. The van der Waals surface area contributed by atoms with Crippen molar-refractivity contribution in [3.05, 3.63) is 86.5 Å². The Morgan fingerprint density at radius 3 is 2.50 bits per heavy atom. The Morgan fingerprint density at radius 1 is 1.20 bits per heavy atom. The molecule has 10 nitrogen and oxygen atoms in total. The molecule has 3 N–H and O–H groups in total. The molecule has 0 spiro atoms. The van der Waals surface area contributed by atoms with E-state index in [1.54, 1.807) is 25.1 Å². The average molecular weight is 560 g/mol. The summed E-state index contributed by atoms with van der Waals surface area (Å²) in [5.41, 5.74) is 0.547. The molecule has 0 amide bonds. The lowest BCUT2D eigenvalue weighted by atomic mass is 9.89. The van der Waals surface area contributed by atoms with Gasteiger partial charge in [-0.05, 0) is 48.4 Å². The summed E-state index contributed by atoms with van der Waals surface area (Å²) in [6.45, 7) is 2.26. The highest BCUT2D eigenvalue weighted by Crippen LogP contribution is 2.43. The first-order chi connectivity index (χ1) is 18.3. The summed E-state index contributed by atoms with van der Waals surface area (Å²) in [5.74, 6) is -0.744. The molecule has 1 aromatic heterocycles. The van der Waals surface area contributed by atoms with Crippen LogP contribution in [0.3, 0.4) is 0 Å². The third kappa shape index (κ3) is 5.63. The number of anilines is 2. The number of rotatable bonds is 6. The van der Waals surface area contributed by atoms with Gasteiger partial charge in [0.2, 0.25) is 5.95 Å². The number of hydrogen-bond donors (Lipinski definition) is 1. The van der Waals surface area contributed by atoms with E-state index in [4.69, 9.17) is 4.74 Å². The summed E-state index contributed by atoms with van der Waals surface area (Å²) in [4.78, 5) is 27.8. The zero-order valence-electron chi connectivity index (χ0n) is 22.6. The van der Waals surface area contributed by atoms with Gasteiger partial charge < -0.3 is 14.7 Å². The smallest absolute Gasteiger partial charge is 0.416 e. The van der Waals surface area contributed by atoms with Crippen molar-refractivity contribution >= 4 is 17.6 Å². The predicted molar refractivity (Wildman–Crippen MR) is 141 cm³/mol. The van der Waals surface area contributed by atoms with Crippen LogP contribution in [0.4, 0.5) is 24.8 Å². The van der Waals surface area contributed by atoms with Crippen LogP contribution >= 0.6 is 0 Å². The molecule has 13 heteroatoms. The van der Waals surface area contributed by atoms with Crippen LogP contribution in [0.15, 0.2) is 58.5 Å². The van der Waals surface area contributed by atoms with Crippen LogP contribution < -0.4 is 10.6 Å². The fraction of sp³-hybridized carbons (Fsp3) is 0.333. The number of H-pyrrole nitrogens is 1. The van der Waals surface area contributed by atoms with E-state index in [2.05, 4.69) is 16.3 Å². The molecular weight excluding hydrogens is 529 g/mol. The van der Waals surface area contributed by atoms with Crippen molar-refractivity contribution in [3.8, 4) is 6.07 Å². The van der Waals surface area contributed by atoms with Crippen molar-refractivity contribution in [2.45, 2.75) is 25.6 Å². The second-order valence-electron chi connectivity index (χ2n) is 10.3. The number of carbonyl (C=O) groups is 1. The van der Waals surface area contributed by atoms with Crippen molar-refractivity contribution in [1.82, 2.24) is 14.8 Å². The molecule has 40 heavy (non-hydrogen) atoms. The molecule has 3 aromatic rings. The number of carbonyl (C=O) groups excluding carboxylic acids is 1. The van der Waals surface area contributed by atoms with E-state index in [0.29, 0.717) is 28.6 Å². The van der Waals surface area contributed by atoms with Crippen LogP contribution in [0, 0.1) is 11.3 Å². The molecule has 2 heterocycles. The number of esters is 1. The molecule has 2 aromatic carbocycles. The summed E-state index contributed by atoms with van der Waals surface area (Å²) in [6, 6.07) is 10.7. The normalized spacial score (nSPS) is 15.3. The van der Waals surface area contributed by atoms with Gasteiger partial charge in [-0.3, -0.25) is 4.90 Å². The average Bonchev–Trinajstić information content (AvgIpc) is 3.26. The zero-order chi connectivity index (χ0) is 28.7. The van der Waals surface area contributed by atoms with Crippen molar-refractivity contribution in [1.29, 1.82) is 5.26 Å². The Morgan fingerprint density at radius 2 is 1.90 bits per heavy atom. The number of alkyl halides is 3. The van der Waals surface area contributed by atoms with Gasteiger partial charge in [0.05, 0.1) is 57.6 Å². The Hall–Kier alpha value is -4.41. The second kappa shape index (κ2) is 11.0. The Bertz CT molecular complexity index is 1560. The molecule has 0 fully saturated rings. The van der Waals surface area contributed by atoms with E-state index < -0.39 is 29.4 Å². The van der Waals surface area contributed by atoms with Gasteiger partial charge in [0.25, 0.3) is 0 Å². The highest BCUT2D eigenvalue weighted by atomic mass is 19.4. The number of aromatic amines is 1. The number of likely N-dealkylation sites (N-methyl/N-ethyl adjacent to an activating group) is 1. The third-order valence-corrected chi connectivity index (χ3v) is 6.60. The number of nitrogens with zero attached hydrogens (tertiary/aromatic N) is 5. The van der Waals surface area contributed by atoms with Gasteiger partial charge in [0.1, 0.15) is 6.04 Å². The molecule has 0 unspecified atom stereocenters. The Labute approximate surface area is 228 Å². The molecule has 0 aliphatic carbocycles. The number of hydrogen-bond acceptors (Lipinski definition) is 6. The molecule has 212 valence electrons. The molecule has 1 atom stereocenters. The van der Waals surface area contributed by atoms with E-state index in [-0.39, 0.29) is 28.4 Å². The lowest BCUT2D eigenvalue weighted by molar-refractivity contribution is -0.870. The van der Waals surface area contributed by atoms with Crippen LogP contribution in [0.1, 0.15) is 35.2 Å². The van der Waals surface area contributed by atoms with Gasteiger partial charge in [0.15, 0.2) is 0 Å². The first-order valence-corrected chi connectivity index (χ1v) is 12.0. The SMILES string of the molecule is COC(=O)C1=C(C)N(c2cccc(C(F)(F)F)c2)c2n[nH]c(=O)n2[C@@H]1c1ccc(C#N)cc1CC[N+](C)(C)C.O. The third-order valence-electron chi connectivity index (χ3n) is 6.60. The quantitative estimate of drug-likeness (QED) is 0.364. The molecule has 1 aliphatic rings. The molecule has 0 radical (unpaired) electrons. The van der Waals surface area contributed by atoms with Crippen molar-refractivity contribution in [2.75, 3.05) is 39.7 Å². The zero-order valence-corrected chi connectivity index (χ0v) is 22.6. The fourth-order valence-electron chi connectivity index (χ4n) is 4.69.